The molecule has 0 radical (unpaired) electrons. The predicted octanol–water partition coefficient (Wildman–Crippen LogP) is 3.86. The lowest BCUT2D eigenvalue weighted by atomic mass is 10.1. The first-order valence-corrected chi connectivity index (χ1v) is 12.0. The van der Waals surface area contributed by atoms with E-state index < -0.39 is 0 Å². The maximum absolute atomic E-state index is 13.1. The van der Waals surface area contributed by atoms with E-state index in [1.54, 1.807) is 23.1 Å². The molecule has 5 rings (SSSR count). The highest BCUT2D eigenvalue weighted by Crippen LogP contribution is 2.29. The van der Waals surface area contributed by atoms with E-state index in [0.717, 1.165) is 48.2 Å². The van der Waals surface area contributed by atoms with Crippen molar-refractivity contribution in [2.45, 2.75) is 19.9 Å². The zero-order valence-electron chi connectivity index (χ0n) is 19.9. The van der Waals surface area contributed by atoms with Gasteiger partial charge in [0.25, 0.3) is 5.91 Å². The molecular weight excluding hydrogens is 464 g/mol. The Morgan fingerprint density at radius 3 is 2.57 bits per heavy atom. The second-order valence-corrected chi connectivity index (χ2v) is 9.35. The van der Waals surface area contributed by atoms with Gasteiger partial charge >= 0.3 is 0 Å². The number of nitrogens with one attached hydrogen (secondary N) is 1. The van der Waals surface area contributed by atoms with Gasteiger partial charge in [-0.3, -0.25) is 14.4 Å². The van der Waals surface area contributed by atoms with E-state index in [4.69, 9.17) is 11.6 Å². The molecule has 1 fully saturated rings. The van der Waals surface area contributed by atoms with Crippen LogP contribution in [0.1, 0.15) is 24.2 Å². The van der Waals surface area contributed by atoms with Crippen LogP contribution in [0.25, 0.3) is 22.0 Å². The fourth-order valence-corrected chi connectivity index (χ4v) is 4.63. The van der Waals surface area contributed by atoms with Crippen LogP contribution in [0.4, 0.5) is 11.6 Å². The summed E-state index contributed by atoms with van der Waals surface area (Å²) in [5.41, 5.74) is 2.09. The van der Waals surface area contributed by atoms with Crippen LogP contribution in [0.3, 0.4) is 0 Å². The molecule has 0 spiro atoms. The molecule has 0 unspecified atom stereocenters. The quantitative estimate of drug-likeness (QED) is 0.454. The van der Waals surface area contributed by atoms with Gasteiger partial charge in [0.1, 0.15) is 17.3 Å². The van der Waals surface area contributed by atoms with Gasteiger partial charge < -0.3 is 10.2 Å². The molecular formula is C25H27ClN8O. The van der Waals surface area contributed by atoms with Crippen LogP contribution < -0.4 is 10.2 Å². The Balaban J connectivity index is 1.35. The Hall–Kier alpha value is -3.56. The van der Waals surface area contributed by atoms with E-state index >= 15 is 0 Å². The van der Waals surface area contributed by atoms with Crippen LogP contribution in [0.2, 0.25) is 5.02 Å². The topological polar surface area (TPSA) is 92.1 Å². The molecule has 1 aliphatic rings. The molecule has 35 heavy (non-hydrogen) atoms. The Morgan fingerprint density at radius 1 is 1.06 bits per heavy atom. The molecule has 0 aliphatic carbocycles. The average molecular weight is 491 g/mol. The number of piperazine rings is 1. The molecule has 10 heteroatoms. The summed E-state index contributed by atoms with van der Waals surface area (Å²) in [6, 6.07) is 9.94. The number of aromatic nitrogens is 5. The highest BCUT2D eigenvalue weighted by molar-refractivity contribution is 6.36. The monoisotopic (exact) mass is 490 g/mol. The lowest BCUT2D eigenvalue weighted by Gasteiger charge is -2.37. The number of fused-ring (bicyclic) bond motifs is 1. The number of nitrogens with zero attached hydrogens (tertiary/aromatic N) is 7. The van der Waals surface area contributed by atoms with Crippen molar-refractivity contribution in [2.24, 2.45) is 7.05 Å². The molecule has 4 aromatic rings. The highest BCUT2D eigenvalue weighted by Gasteiger charge is 2.24. The minimum Gasteiger partial charge on any atom is -0.353 e. The van der Waals surface area contributed by atoms with Crippen LogP contribution in [0.15, 0.2) is 48.9 Å². The molecule has 0 atom stereocenters. The van der Waals surface area contributed by atoms with E-state index in [1.165, 1.54) is 0 Å². The van der Waals surface area contributed by atoms with Gasteiger partial charge in [0.15, 0.2) is 0 Å². The van der Waals surface area contributed by atoms with E-state index in [-0.39, 0.29) is 5.91 Å². The summed E-state index contributed by atoms with van der Waals surface area (Å²) in [7, 11) is 1.83. The van der Waals surface area contributed by atoms with E-state index in [2.05, 4.69) is 49.2 Å². The van der Waals surface area contributed by atoms with Gasteiger partial charge in [0, 0.05) is 62.6 Å². The van der Waals surface area contributed by atoms with Crippen molar-refractivity contribution in [3.05, 3.63) is 59.5 Å². The summed E-state index contributed by atoms with van der Waals surface area (Å²) in [6.45, 7) is 7.90. The van der Waals surface area contributed by atoms with Gasteiger partial charge in [-0.05, 0) is 37.4 Å². The van der Waals surface area contributed by atoms with Crippen molar-refractivity contribution in [3.63, 3.8) is 0 Å². The number of hydrogen-bond acceptors (Lipinski definition) is 7. The van der Waals surface area contributed by atoms with Gasteiger partial charge in [0.2, 0.25) is 0 Å². The number of amides is 1. The Morgan fingerprint density at radius 2 is 1.86 bits per heavy atom. The summed E-state index contributed by atoms with van der Waals surface area (Å²) in [5.74, 6) is 0.762. The predicted molar refractivity (Wildman–Crippen MR) is 138 cm³/mol. The molecule has 3 aromatic heterocycles. The van der Waals surface area contributed by atoms with E-state index in [1.807, 2.05) is 37.5 Å². The first-order chi connectivity index (χ1) is 16.9. The second kappa shape index (κ2) is 9.59. The summed E-state index contributed by atoms with van der Waals surface area (Å²) >= 11 is 6.67. The van der Waals surface area contributed by atoms with Crippen molar-refractivity contribution in [1.29, 1.82) is 0 Å². The number of carbonyl (C=O) groups excluding carboxylic acids is 1. The first kappa shape index (κ1) is 23.2. The van der Waals surface area contributed by atoms with E-state index in [9.17, 15) is 4.79 Å². The third-order valence-electron chi connectivity index (χ3n) is 6.32. The van der Waals surface area contributed by atoms with Crippen LogP contribution >= 0.6 is 11.6 Å². The first-order valence-electron chi connectivity index (χ1n) is 11.6. The molecule has 0 bridgehead atoms. The zero-order valence-corrected chi connectivity index (χ0v) is 20.7. The zero-order chi connectivity index (χ0) is 24.5. The van der Waals surface area contributed by atoms with Gasteiger partial charge in [-0.25, -0.2) is 9.97 Å². The molecule has 1 saturated heterocycles. The molecule has 1 aliphatic heterocycles. The van der Waals surface area contributed by atoms with Crippen LogP contribution in [0, 0.1) is 0 Å². The SMILES string of the molecule is CC(C)N1CCN(c2nccc(C(=O)Nc3cc4cc(-c5cn(C)nn5)ccc4cn3)c2Cl)CC1. The van der Waals surface area contributed by atoms with Crippen LogP contribution in [0.5, 0.6) is 0 Å². The Labute approximate surface area is 208 Å². The number of anilines is 2. The van der Waals surface area contributed by atoms with Crippen LogP contribution in [-0.4, -0.2) is 68.0 Å². The number of benzene rings is 1. The molecule has 4 heterocycles. The molecule has 0 saturated carbocycles. The van der Waals surface area contributed by atoms with Crippen molar-refractivity contribution < 1.29 is 4.79 Å². The van der Waals surface area contributed by atoms with Crippen molar-refractivity contribution in [3.8, 4) is 11.3 Å². The summed E-state index contributed by atoms with van der Waals surface area (Å²) in [4.78, 5) is 26.6. The number of carbonyl (C=O) groups is 1. The largest absolute Gasteiger partial charge is 0.353 e. The minimum absolute atomic E-state index is 0.323. The number of halogens is 1. The van der Waals surface area contributed by atoms with Crippen molar-refractivity contribution in [2.75, 3.05) is 36.4 Å². The maximum atomic E-state index is 13.1. The Bertz CT molecular complexity index is 1380. The van der Waals surface area contributed by atoms with Gasteiger partial charge in [-0.2, -0.15) is 0 Å². The van der Waals surface area contributed by atoms with Crippen molar-refractivity contribution in [1.82, 2.24) is 29.9 Å². The molecule has 180 valence electrons. The van der Waals surface area contributed by atoms with Gasteiger partial charge in [0.05, 0.1) is 16.8 Å². The van der Waals surface area contributed by atoms with E-state index in [0.29, 0.717) is 28.3 Å². The lowest BCUT2D eigenvalue weighted by Crippen LogP contribution is -2.49. The fraction of sp³-hybridized carbons (Fsp3) is 0.320. The third kappa shape index (κ3) is 4.82. The lowest BCUT2D eigenvalue weighted by molar-refractivity contribution is 0.102. The summed E-state index contributed by atoms with van der Waals surface area (Å²) < 4.78 is 1.66. The maximum Gasteiger partial charge on any atom is 0.258 e. The number of pyridine rings is 2. The molecule has 9 nitrogen and oxygen atoms in total. The molecule has 1 aromatic carbocycles. The minimum atomic E-state index is -0.323. The Kier molecular flexibility index (Phi) is 6.36. The number of hydrogen-bond donors (Lipinski definition) is 1. The summed E-state index contributed by atoms with van der Waals surface area (Å²) in [5, 5.41) is 13.3. The number of rotatable bonds is 5. The summed E-state index contributed by atoms with van der Waals surface area (Å²) in [6.07, 6.45) is 5.22. The van der Waals surface area contributed by atoms with Crippen molar-refractivity contribution >= 4 is 39.9 Å². The third-order valence-corrected chi connectivity index (χ3v) is 6.69. The molecule has 1 amide bonds. The normalized spacial score (nSPS) is 14.6. The van der Waals surface area contributed by atoms with Gasteiger partial charge in [-0.15, -0.1) is 5.10 Å². The standard InChI is InChI=1S/C25H27ClN8O/c1-16(2)33-8-10-34(11-9-33)24-23(26)20(6-7-27-24)25(35)29-22-13-19-12-17(4-5-18(19)14-28-22)21-15-32(3)31-30-21/h4-7,12-16H,8-11H2,1-3H3,(H,28,29,35). The number of aryl methyl sites for hydroxylation is 1. The van der Waals surface area contributed by atoms with Gasteiger partial charge in [-0.1, -0.05) is 28.9 Å². The smallest absolute Gasteiger partial charge is 0.258 e. The molecule has 1 N–H and O–H groups in total. The highest BCUT2D eigenvalue weighted by atomic mass is 35.5. The fourth-order valence-electron chi connectivity index (χ4n) is 4.31. The second-order valence-electron chi connectivity index (χ2n) is 8.98. The van der Waals surface area contributed by atoms with Crippen LogP contribution in [-0.2, 0) is 7.05 Å². The average Bonchev–Trinajstić information content (AvgIpc) is 3.30.